The lowest BCUT2D eigenvalue weighted by Crippen LogP contribution is -2.43. The quantitative estimate of drug-likeness (QED) is 0.749. The summed E-state index contributed by atoms with van der Waals surface area (Å²) < 4.78 is 5.38. The molecule has 2 amide bonds. The third kappa shape index (κ3) is 4.30. The molecule has 1 N–H and O–H groups in total. The van der Waals surface area contributed by atoms with Crippen molar-refractivity contribution in [1.82, 2.24) is 9.80 Å². The molecule has 4 rings (SSSR count). The number of nitrogens with one attached hydrogen (secondary N) is 1. The summed E-state index contributed by atoms with van der Waals surface area (Å²) in [5, 5.41) is 3.23. The molecule has 0 spiro atoms. The van der Waals surface area contributed by atoms with Crippen LogP contribution < -0.4 is 5.32 Å². The molecule has 6 heteroatoms. The van der Waals surface area contributed by atoms with Gasteiger partial charge in [0.1, 0.15) is 5.70 Å². The van der Waals surface area contributed by atoms with Gasteiger partial charge in [-0.15, -0.1) is 0 Å². The minimum Gasteiger partial charge on any atom is -0.379 e. The summed E-state index contributed by atoms with van der Waals surface area (Å²) in [6.45, 7) is 8.04. The SMILES string of the molecule is Cc1ccc(C2=C(Nc3cccc(C)c3)C(=O)N(CCN3CCOCC3)C2=O)cc1. The Bertz CT molecular complexity index is 975. The fourth-order valence-electron chi connectivity index (χ4n) is 3.82. The molecule has 1 fully saturated rings. The van der Waals surface area contributed by atoms with Crippen LogP contribution in [0, 0.1) is 13.8 Å². The number of hydrogen-bond acceptors (Lipinski definition) is 5. The summed E-state index contributed by atoms with van der Waals surface area (Å²) in [7, 11) is 0. The largest absolute Gasteiger partial charge is 0.379 e. The molecule has 0 aliphatic carbocycles. The van der Waals surface area contributed by atoms with E-state index >= 15 is 0 Å². The fourth-order valence-corrected chi connectivity index (χ4v) is 3.82. The number of carbonyl (C=O) groups excluding carboxylic acids is 2. The average molecular weight is 405 g/mol. The van der Waals surface area contributed by atoms with Crippen LogP contribution in [0.25, 0.3) is 5.57 Å². The molecular weight excluding hydrogens is 378 g/mol. The van der Waals surface area contributed by atoms with Gasteiger partial charge in [0.2, 0.25) is 0 Å². The summed E-state index contributed by atoms with van der Waals surface area (Å²) in [4.78, 5) is 30.2. The Balaban J connectivity index is 1.62. The molecule has 2 aliphatic rings. The van der Waals surface area contributed by atoms with Gasteiger partial charge in [0, 0.05) is 31.9 Å². The fraction of sp³-hybridized carbons (Fsp3) is 0.333. The van der Waals surface area contributed by atoms with Crippen LogP contribution in [0.3, 0.4) is 0 Å². The van der Waals surface area contributed by atoms with Crippen molar-refractivity contribution in [2.24, 2.45) is 0 Å². The van der Waals surface area contributed by atoms with Crippen molar-refractivity contribution >= 4 is 23.1 Å². The molecule has 2 aliphatic heterocycles. The summed E-state index contributed by atoms with van der Waals surface area (Å²) in [6.07, 6.45) is 0. The lowest BCUT2D eigenvalue weighted by Gasteiger charge is -2.28. The molecule has 6 nitrogen and oxygen atoms in total. The van der Waals surface area contributed by atoms with E-state index in [-0.39, 0.29) is 11.8 Å². The van der Waals surface area contributed by atoms with Crippen LogP contribution >= 0.6 is 0 Å². The van der Waals surface area contributed by atoms with E-state index in [0.717, 1.165) is 35.5 Å². The molecule has 0 atom stereocenters. The number of hydrogen-bond donors (Lipinski definition) is 1. The van der Waals surface area contributed by atoms with Crippen LogP contribution in [0.5, 0.6) is 0 Å². The number of nitrogens with zero attached hydrogens (tertiary/aromatic N) is 2. The third-order valence-corrected chi connectivity index (χ3v) is 5.54. The maximum atomic E-state index is 13.3. The number of anilines is 1. The molecule has 2 aromatic rings. The van der Waals surface area contributed by atoms with Crippen molar-refractivity contribution in [3.8, 4) is 0 Å². The Morgan fingerprint density at radius 1 is 0.900 bits per heavy atom. The van der Waals surface area contributed by atoms with Crippen molar-refractivity contribution in [2.75, 3.05) is 44.7 Å². The predicted octanol–water partition coefficient (Wildman–Crippen LogP) is 2.83. The minimum atomic E-state index is -0.273. The van der Waals surface area contributed by atoms with Gasteiger partial charge in [0.05, 0.1) is 18.8 Å². The molecule has 1 saturated heterocycles. The molecule has 0 radical (unpaired) electrons. The Morgan fingerprint density at radius 3 is 2.33 bits per heavy atom. The van der Waals surface area contributed by atoms with Gasteiger partial charge in [-0.2, -0.15) is 0 Å². The first-order valence-corrected chi connectivity index (χ1v) is 10.3. The number of benzene rings is 2. The van der Waals surface area contributed by atoms with Crippen LogP contribution in [-0.4, -0.2) is 61.0 Å². The van der Waals surface area contributed by atoms with Gasteiger partial charge in [-0.1, -0.05) is 42.0 Å². The zero-order valence-electron chi connectivity index (χ0n) is 17.5. The van der Waals surface area contributed by atoms with Crippen molar-refractivity contribution in [3.63, 3.8) is 0 Å². The molecule has 30 heavy (non-hydrogen) atoms. The normalized spacial score (nSPS) is 17.7. The number of rotatable bonds is 6. The standard InChI is InChI=1S/C24H27N3O3/c1-17-6-8-19(9-7-17)21-22(25-20-5-3-4-18(2)16-20)24(29)27(23(21)28)11-10-26-12-14-30-15-13-26/h3-9,16,25H,10-15H2,1-2H3. The van der Waals surface area contributed by atoms with E-state index in [1.165, 1.54) is 4.90 Å². The second-order valence-corrected chi connectivity index (χ2v) is 7.83. The zero-order valence-corrected chi connectivity index (χ0v) is 17.5. The molecule has 0 aromatic heterocycles. The third-order valence-electron chi connectivity index (χ3n) is 5.54. The molecule has 0 saturated carbocycles. The second kappa shape index (κ2) is 8.81. The monoisotopic (exact) mass is 405 g/mol. The van der Waals surface area contributed by atoms with Gasteiger partial charge < -0.3 is 10.1 Å². The maximum absolute atomic E-state index is 13.3. The maximum Gasteiger partial charge on any atom is 0.278 e. The van der Waals surface area contributed by atoms with E-state index in [1.807, 2.05) is 62.4 Å². The van der Waals surface area contributed by atoms with E-state index in [2.05, 4.69) is 10.2 Å². The lowest BCUT2D eigenvalue weighted by molar-refractivity contribution is -0.137. The van der Waals surface area contributed by atoms with Crippen molar-refractivity contribution in [3.05, 3.63) is 70.9 Å². The number of aryl methyl sites for hydroxylation is 2. The Labute approximate surface area is 177 Å². The van der Waals surface area contributed by atoms with Gasteiger partial charge in [0.25, 0.3) is 11.8 Å². The smallest absolute Gasteiger partial charge is 0.278 e. The highest BCUT2D eigenvalue weighted by molar-refractivity contribution is 6.36. The first-order chi connectivity index (χ1) is 14.5. The highest BCUT2D eigenvalue weighted by atomic mass is 16.5. The van der Waals surface area contributed by atoms with Gasteiger partial charge in [0.15, 0.2) is 0 Å². The predicted molar refractivity (Wildman–Crippen MR) is 117 cm³/mol. The van der Waals surface area contributed by atoms with Crippen molar-refractivity contribution in [2.45, 2.75) is 13.8 Å². The van der Waals surface area contributed by atoms with E-state index < -0.39 is 0 Å². The minimum absolute atomic E-state index is 0.243. The lowest BCUT2D eigenvalue weighted by atomic mass is 10.0. The topological polar surface area (TPSA) is 61.9 Å². The Hall–Kier alpha value is -2.96. The molecule has 156 valence electrons. The van der Waals surface area contributed by atoms with Crippen molar-refractivity contribution < 1.29 is 14.3 Å². The molecule has 2 heterocycles. The van der Waals surface area contributed by atoms with E-state index in [4.69, 9.17) is 4.74 Å². The second-order valence-electron chi connectivity index (χ2n) is 7.83. The van der Waals surface area contributed by atoms with Gasteiger partial charge in [-0.3, -0.25) is 19.4 Å². The summed E-state index contributed by atoms with van der Waals surface area (Å²) in [6, 6.07) is 15.5. The van der Waals surface area contributed by atoms with Crippen LogP contribution in [0.15, 0.2) is 54.2 Å². The van der Waals surface area contributed by atoms with Gasteiger partial charge in [-0.05, 0) is 37.1 Å². The number of carbonyl (C=O) groups is 2. The molecular formula is C24H27N3O3. The zero-order chi connectivity index (χ0) is 21.1. The van der Waals surface area contributed by atoms with E-state index in [9.17, 15) is 9.59 Å². The van der Waals surface area contributed by atoms with Crippen LogP contribution in [0.2, 0.25) is 0 Å². The first-order valence-electron chi connectivity index (χ1n) is 10.3. The average Bonchev–Trinajstić information content (AvgIpc) is 2.97. The molecule has 2 aromatic carbocycles. The number of imide groups is 1. The highest BCUT2D eigenvalue weighted by Gasteiger charge is 2.39. The summed E-state index contributed by atoms with van der Waals surface area (Å²) in [5.74, 6) is -0.516. The van der Waals surface area contributed by atoms with Crippen LogP contribution in [-0.2, 0) is 14.3 Å². The van der Waals surface area contributed by atoms with Crippen LogP contribution in [0.1, 0.15) is 16.7 Å². The Morgan fingerprint density at radius 2 is 1.63 bits per heavy atom. The van der Waals surface area contributed by atoms with Crippen LogP contribution in [0.4, 0.5) is 5.69 Å². The molecule has 0 bridgehead atoms. The van der Waals surface area contributed by atoms with Crippen molar-refractivity contribution in [1.29, 1.82) is 0 Å². The highest BCUT2D eigenvalue weighted by Crippen LogP contribution is 2.30. The van der Waals surface area contributed by atoms with Gasteiger partial charge in [-0.25, -0.2) is 0 Å². The number of ether oxygens (including phenoxy) is 1. The summed E-state index contributed by atoms with van der Waals surface area (Å²) in [5.41, 5.74) is 4.51. The number of amides is 2. The Kier molecular flexibility index (Phi) is 5.97. The molecule has 0 unspecified atom stereocenters. The van der Waals surface area contributed by atoms with E-state index in [1.54, 1.807) is 0 Å². The first kappa shape index (κ1) is 20.3. The summed E-state index contributed by atoms with van der Waals surface area (Å²) >= 11 is 0. The van der Waals surface area contributed by atoms with Gasteiger partial charge >= 0.3 is 0 Å². The van der Waals surface area contributed by atoms with E-state index in [0.29, 0.717) is 37.6 Å². The number of morpholine rings is 1.